The molecule has 3 N–H and O–H groups in total. The number of nitrogen functional groups attached to an aromatic ring is 1. The van der Waals surface area contributed by atoms with Crippen molar-refractivity contribution in [2.45, 2.75) is 17.2 Å². The summed E-state index contributed by atoms with van der Waals surface area (Å²) in [5, 5.41) is 0.100. The summed E-state index contributed by atoms with van der Waals surface area (Å²) >= 11 is 1.59. The van der Waals surface area contributed by atoms with Crippen LogP contribution in [0.5, 0.6) is 0 Å². The Balaban J connectivity index is 2.83. The average Bonchev–Trinajstić information content (AvgIpc) is 2.26. The number of nitrogens with one attached hydrogen (secondary N) is 1. The molecule has 0 bridgehead atoms. The van der Waals surface area contributed by atoms with Crippen LogP contribution in [0, 0.1) is 0 Å². The zero-order valence-corrected chi connectivity index (χ0v) is 10.8. The van der Waals surface area contributed by atoms with Crippen molar-refractivity contribution in [3.63, 3.8) is 0 Å². The number of nitrogens with two attached hydrogens (primary N) is 1. The topological polar surface area (TPSA) is 85.1 Å². The number of nitrogens with zero attached hydrogens (tertiary/aromatic N) is 1. The van der Waals surface area contributed by atoms with E-state index < -0.39 is 10.0 Å². The Kier molecular flexibility index (Phi) is 4.57. The maximum absolute atomic E-state index is 11.8. The van der Waals surface area contributed by atoms with Gasteiger partial charge in [-0.15, -0.1) is 0 Å². The van der Waals surface area contributed by atoms with Crippen molar-refractivity contribution in [1.29, 1.82) is 0 Å². The number of anilines is 1. The fourth-order valence-electron chi connectivity index (χ4n) is 1.01. The molecule has 90 valence electrons. The zero-order valence-electron chi connectivity index (χ0n) is 9.17. The first-order valence-corrected chi connectivity index (χ1v) is 7.47. The first-order valence-electron chi connectivity index (χ1n) is 4.70. The van der Waals surface area contributed by atoms with Crippen LogP contribution >= 0.6 is 11.8 Å². The van der Waals surface area contributed by atoms with Gasteiger partial charge in [-0.05, 0) is 18.4 Å². The van der Waals surface area contributed by atoms with Crippen LogP contribution in [0.15, 0.2) is 23.4 Å². The summed E-state index contributed by atoms with van der Waals surface area (Å²) in [5.74, 6) is 0. The van der Waals surface area contributed by atoms with E-state index in [-0.39, 0.29) is 16.0 Å². The minimum Gasteiger partial charge on any atom is -0.396 e. The Morgan fingerprint density at radius 1 is 1.62 bits per heavy atom. The second-order valence-electron chi connectivity index (χ2n) is 3.30. The highest BCUT2D eigenvalue weighted by Gasteiger charge is 2.18. The minimum absolute atomic E-state index is 0.108. The first kappa shape index (κ1) is 13.3. The van der Waals surface area contributed by atoms with Crippen LogP contribution < -0.4 is 10.5 Å². The average molecular weight is 261 g/mol. The van der Waals surface area contributed by atoms with Crippen LogP contribution in [0.4, 0.5) is 5.69 Å². The van der Waals surface area contributed by atoms with Crippen LogP contribution in [-0.4, -0.2) is 31.5 Å². The number of hydrogen-bond donors (Lipinski definition) is 2. The van der Waals surface area contributed by atoms with Gasteiger partial charge in [0.05, 0.1) is 5.69 Å². The molecule has 0 saturated heterocycles. The van der Waals surface area contributed by atoms with Gasteiger partial charge in [-0.3, -0.25) is 0 Å². The predicted molar refractivity (Wildman–Crippen MR) is 66.8 cm³/mol. The van der Waals surface area contributed by atoms with E-state index in [1.807, 2.05) is 13.2 Å². The molecule has 0 aliphatic rings. The van der Waals surface area contributed by atoms with Crippen molar-refractivity contribution in [3.05, 3.63) is 18.3 Å². The molecule has 1 aromatic heterocycles. The van der Waals surface area contributed by atoms with E-state index in [1.54, 1.807) is 17.8 Å². The van der Waals surface area contributed by atoms with Gasteiger partial charge in [0.1, 0.15) is 0 Å². The Hall–Kier alpha value is -0.790. The number of sulfonamides is 1. The molecule has 0 aliphatic heterocycles. The monoisotopic (exact) mass is 261 g/mol. The number of thioether (sulfide) groups is 1. The lowest BCUT2D eigenvalue weighted by Gasteiger charge is -2.10. The third-order valence-corrected chi connectivity index (χ3v) is 4.39. The van der Waals surface area contributed by atoms with Gasteiger partial charge in [0.25, 0.3) is 10.0 Å². The van der Waals surface area contributed by atoms with Gasteiger partial charge in [0.2, 0.25) is 0 Å². The van der Waals surface area contributed by atoms with Gasteiger partial charge < -0.3 is 5.73 Å². The molecule has 1 aromatic rings. The molecule has 0 aromatic carbocycles. The molecular weight excluding hydrogens is 246 g/mol. The second kappa shape index (κ2) is 5.51. The maximum atomic E-state index is 11.8. The summed E-state index contributed by atoms with van der Waals surface area (Å²) in [6.45, 7) is 2.30. The van der Waals surface area contributed by atoms with Crippen molar-refractivity contribution >= 4 is 27.5 Å². The standard InChI is InChI=1S/C9H15N3O2S2/c1-7(15-2)6-12-16(13,14)9-8(10)4-3-5-11-9/h3-5,7,12H,6,10H2,1-2H3. The summed E-state index contributed by atoms with van der Waals surface area (Å²) in [6.07, 6.45) is 3.33. The first-order chi connectivity index (χ1) is 7.47. The molecular formula is C9H15N3O2S2. The lowest BCUT2D eigenvalue weighted by atomic mass is 10.4. The zero-order chi connectivity index (χ0) is 12.2. The highest BCUT2D eigenvalue weighted by atomic mass is 32.2. The molecule has 0 aliphatic carbocycles. The molecule has 0 saturated carbocycles. The quantitative estimate of drug-likeness (QED) is 0.814. The summed E-state index contributed by atoms with van der Waals surface area (Å²) in [6, 6.07) is 3.11. The van der Waals surface area contributed by atoms with E-state index in [4.69, 9.17) is 5.73 Å². The molecule has 7 heteroatoms. The van der Waals surface area contributed by atoms with Crippen molar-refractivity contribution in [3.8, 4) is 0 Å². The summed E-state index contributed by atoms with van der Waals surface area (Å²) in [4.78, 5) is 3.77. The SMILES string of the molecule is CSC(C)CNS(=O)(=O)c1ncccc1N. The largest absolute Gasteiger partial charge is 0.396 e. The lowest BCUT2D eigenvalue weighted by molar-refractivity contribution is 0.578. The summed E-state index contributed by atoms with van der Waals surface area (Å²) in [5.41, 5.74) is 5.72. The number of aromatic nitrogens is 1. The van der Waals surface area contributed by atoms with Crippen LogP contribution in [-0.2, 0) is 10.0 Å². The van der Waals surface area contributed by atoms with E-state index in [2.05, 4.69) is 9.71 Å². The third-order valence-electron chi connectivity index (χ3n) is 2.02. The van der Waals surface area contributed by atoms with Crippen LogP contribution in [0.1, 0.15) is 6.92 Å². The van der Waals surface area contributed by atoms with Crippen molar-refractivity contribution in [2.75, 3.05) is 18.5 Å². The molecule has 0 fully saturated rings. The van der Waals surface area contributed by atoms with Gasteiger partial charge in [-0.25, -0.2) is 18.1 Å². The van der Waals surface area contributed by atoms with E-state index in [0.717, 1.165) is 0 Å². The molecule has 1 unspecified atom stereocenters. The van der Waals surface area contributed by atoms with Crippen molar-refractivity contribution < 1.29 is 8.42 Å². The fourth-order valence-corrected chi connectivity index (χ4v) is 2.55. The van der Waals surface area contributed by atoms with E-state index in [9.17, 15) is 8.42 Å². The molecule has 16 heavy (non-hydrogen) atoms. The molecule has 5 nitrogen and oxygen atoms in total. The van der Waals surface area contributed by atoms with E-state index >= 15 is 0 Å². The number of hydrogen-bond acceptors (Lipinski definition) is 5. The van der Waals surface area contributed by atoms with Gasteiger partial charge in [0, 0.05) is 18.0 Å². The molecule has 0 radical (unpaired) electrons. The van der Waals surface area contributed by atoms with Crippen LogP contribution in [0.2, 0.25) is 0 Å². The van der Waals surface area contributed by atoms with Gasteiger partial charge in [-0.2, -0.15) is 11.8 Å². The predicted octanol–water partition coefficient (Wildman–Crippen LogP) is 0.694. The van der Waals surface area contributed by atoms with Crippen molar-refractivity contribution in [1.82, 2.24) is 9.71 Å². The summed E-state index contributed by atoms with van der Waals surface area (Å²) < 4.78 is 26.1. The molecule has 1 atom stereocenters. The van der Waals surface area contributed by atoms with Crippen LogP contribution in [0.3, 0.4) is 0 Å². The van der Waals surface area contributed by atoms with E-state index in [0.29, 0.717) is 6.54 Å². The highest BCUT2D eigenvalue weighted by molar-refractivity contribution is 7.99. The lowest BCUT2D eigenvalue weighted by Crippen LogP contribution is -2.30. The smallest absolute Gasteiger partial charge is 0.260 e. The fraction of sp³-hybridized carbons (Fsp3) is 0.444. The molecule has 0 spiro atoms. The Morgan fingerprint density at radius 3 is 2.88 bits per heavy atom. The number of pyridine rings is 1. The Labute approximate surface area is 99.9 Å². The summed E-state index contributed by atoms with van der Waals surface area (Å²) in [7, 11) is -3.60. The van der Waals surface area contributed by atoms with Gasteiger partial charge in [0.15, 0.2) is 5.03 Å². The van der Waals surface area contributed by atoms with E-state index in [1.165, 1.54) is 12.3 Å². The molecule has 1 rings (SSSR count). The van der Waals surface area contributed by atoms with Gasteiger partial charge in [-0.1, -0.05) is 6.92 Å². The Morgan fingerprint density at radius 2 is 2.31 bits per heavy atom. The number of rotatable bonds is 5. The highest BCUT2D eigenvalue weighted by Crippen LogP contribution is 2.14. The van der Waals surface area contributed by atoms with Crippen molar-refractivity contribution in [2.24, 2.45) is 0 Å². The van der Waals surface area contributed by atoms with Crippen LogP contribution in [0.25, 0.3) is 0 Å². The third kappa shape index (κ3) is 3.36. The molecule has 0 amide bonds. The maximum Gasteiger partial charge on any atom is 0.260 e. The van der Waals surface area contributed by atoms with Gasteiger partial charge >= 0.3 is 0 Å². The second-order valence-corrected chi connectivity index (χ2v) is 6.25. The minimum atomic E-state index is -3.60. The normalized spacial score (nSPS) is 13.6. The Bertz CT molecular complexity index is 448. The molecule has 1 heterocycles.